The summed E-state index contributed by atoms with van der Waals surface area (Å²) >= 11 is 1.33. The third-order valence-electron chi connectivity index (χ3n) is 4.99. The fourth-order valence-electron chi connectivity index (χ4n) is 3.34. The van der Waals surface area contributed by atoms with Gasteiger partial charge in [-0.25, -0.2) is 13.4 Å². The van der Waals surface area contributed by atoms with Gasteiger partial charge in [-0.1, -0.05) is 24.6 Å². The van der Waals surface area contributed by atoms with Gasteiger partial charge in [-0.15, -0.1) is 0 Å². The van der Waals surface area contributed by atoms with Crippen LogP contribution in [0, 0.1) is 0 Å². The Labute approximate surface area is 159 Å². The fraction of sp³-hybridized carbons (Fsp3) is 0.647. The number of hydrogen-bond donors (Lipinski definition) is 2. The van der Waals surface area contributed by atoms with E-state index in [4.69, 9.17) is 0 Å². The van der Waals surface area contributed by atoms with Gasteiger partial charge in [0, 0.05) is 12.2 Å². The van der Waals surface area contributed by atoms with Crippen LogP contribution in [0.3, 0.4) is 0 Å². The van der Waals surface area contributed by atoms with E-state index in [0.717, 1.165) is 25.9 Å². The summed E-state index contributed by atoms with van der Waals surface area (Å²) < 4.78 is 26.9. The highest BCUT2D eigenvalue weighted by atomic mass is 32.2. The number of nitrogens with zero attached hydrogens (tertiary/aromatic N) is 2. The van der Waals surface area contributed by atoms with Gasteiger partial charge in [0.2, 0.25) is 15.9 Å². The predicted molar refractivity (Wildman–Crippen MR) is 101 cm³/mol. The zero-order chi connectivity index (χ0) is 18.6. The Morgan fingerprint density at radius 3 is 2.62 bits per heavy atom. The molecule has 9 heteroatoms. The Morgan fingerprint density at radius 1 is 1.31 bits per heavy atom. The van der Waals surface area contributed by atoms with Crippen molar-refractivity contribution in [2.75, 3.05) is 39.0 Å². The van der Waals surface area contributed by atoms with Crippen LogP contribution in [-0.2, 0) is 14.8 Å². The maximum atomic E-state index is 12.7. The third-order valence-corrected chi connectivity index (χ3v) is 7.82. The van der Waals surface area contributed by atoms with E-state index >= 15 is 0 Å². The molecule has 0 aromatic carbocycles. The number of thioether (sulfide) groups is 1. The molecule has 1 aromatic heterocycles. The van der Waals surface area contributed by atoms with Crippen LogP contribution < -0.4 is 10.2 Å². The second kappa shape index (κ2) is 8.69. The maximum Gasteiger partial charge on any atom is 0.245 e. The molecule has 2 N–H and O–H groups in total. The molecule has 0 bridgehead atoms. The molecule has 1 aromatic rings. The number of likely N-dealkylation sites (N-methyl/N-ethyl adjacent to an activating group) is 1. The fourth-order valence-corrected chi connectivity index (χ4v) is 5.38. The van der Waals surface area contributed by atoms with Crippen LogP contribution in [0.1, 0.15) is 25.7 Å². The minimum Gasteiger partial charge on any atom is -0.353 e. The lowest BCUT2D eigenvalue weighted by atomic mass is 10.2. The van der Waals surface area contributed by atoms with Crippen LogP contribution in [-0.4, -0.2) is 68.6 Å². The van der Waals surface area contributed by atoms with Gasteiger partial charge in [-0.05, 0) is 25.0 Å². The van der Waals surface area contributed by atoms with Crippen molar-refractivity contribution in [3.63, 3.8) is 0 Å². The monoisotopic (exact) mass is 399 g/mol. The van der Waals surface area contributed by atoms with Crippen molar-refractivity contribution in [2.24, 2.45) is 0 Å². The number of hydrogen-bond acceptors (Lipinski definition) is 5. The minimum absolute atomic E-state index is 0.0142. The first-order valence-corrected chi connectivity index (χ1v) is 11.6. The number of piperazine rings is 1. The van der Waals surface area contributed by atoms with Gasteiger partial charge in [-0.3, -0.25) is 4.79 Å². The molecule has 2 heterocycles. The zero-order valence-corrected chi connectivity index (χ0v) is 16.7. The van der Waals surface area contributed by atoms with E-state index in [0.29, 0.717) is 29.9 Å². The summed E-state index contributed by atoms with van der Waals surface area (Å²) in [6.07, 6.45) is 5.90. The summed E-state index contributed by atoms with van der Waals surface area (Å²) in [6.45, 7) is 2.70. The quantitative estimate of drug-likeness (QED) is 0.645. The van der Waals surface area contributed by atoms with E-state index in [1.54, 1.807) is 12.1 Å². The van der Waals surface area contributed by atoms with E-state index in [1.165, 1.54) is 40.0 Å². The van der Waals surface area contributed by atoms with E-state index in [1.807, 2.05) is 0 Å². The molecule has 7 nitrogen and oxygen atoms in total. The Hall–Kier alpha value is -1.16. The van der Waals surface area contributed by atoms with Crippen molar-refractivity contribution in [1.82, 2.24) is 14.6 Å². The topological polar surface area (TPSA) is 83.8 Å². The molecule has 2 fully saturated rings. The SMILES string of the molecule is C[NH+]1CCN(S(=O)(=O)c2ccc(SCC(=O)NC3CCCC3)nc2)CC1. The van der Waals surface area contributed by atoms with Crippen molar-refractivity contribution < 1.29 is 18.1 Å². The lowest BCUT2D eigenvalue weighted by Gasteiger charge is -2.29. The lowest BCUT2D eigenvalue weighted by molar-refractivity contribution is -0.883. The van der Waals surface area contributed by atoms with Crippen molar-refractivity contribution in [3.05, 3.63) is 18.3 Å². The number of aromatic nitrogens is 1. The summed E-state index contributed by atoms with van der Waals surface area (Å²) in [6, 6.07) is 3.58. The molecule has 1 saturated heterocycles. The van der Waals surface area contributed by atoms with Crippen LogP contribution >= 0.6 is 11.8 Å². The summed E-state index contributed by atoms with van der Waals surface area (Å²) in [5, 5.41) is 3.70. The highest BCUT2D eigenvalue weighted by Gasteiger charge is 2.29. The first-order valence-electron chi connectivity index (χ1n) is 9.15. The molecule has 1 saturated carbocycles. The van der Waals surface area contributed by atoms with Gasteiger partial charge >= 0.3 is 0 Å². The lowest BCUT2D eigenvalue weighted by Crippen LogP contribution is -3.12. The van der Waals surface area contributed by atoms with Crippen LogP contribution in [0.2, 0.25) is 0 Å². The summed E-state index contributed by atoms with van der Waals surface area (Å²) in [5.74, 6) is 0.317. The number of quaternary nitrogens is 1. The molecule has 0 atom stereocenters. The van der Waals surface area contributed by atoms with Crippen LogP contribution in [0.4, 0.5) is 0 Å². The second-order valence-corrected chi connectivity index (χ2v) is 9.96. The van der Waals surface area contributed by atoms with Crippen LogP contribution in [0.25, 0.3) is 0 Å². The van der Waals surface area contributed by atoms with E-state index in [2.05, 4.69) is 17.3 Å². The molecule has 1 amide bonds. The first kappa shape index (κ1) is 19.6. The van der Waals surface area contributed by atoms with Crippen LogP contribution in [0.5, 0.6) is 0 Å². The average molecular weight is 400 g/mol. The van der Waals surface area contributed by atoms with Gasteiger partial charge in [0.05, 0.1) is 44.0 Å². The van der Waals surface area contributed by atoms with Crippen molar-refractivity contribution in [1.29, 1.82) is 0 Å². The summed E-state index contributed by atoms with van der Waals surface area (Å²) in [4.78, 5) is 17.8. The van der Waals surface area contributed by atoms with Crippen molar-refractivity contribution in [2.45, 2.75) is 41.6 Å². The Balaban J connectivity index is 1.53. The minimum atomic E-state index is -3.48. The second-order valence-electron chi connectivity index (χ2n) is 7.03. The molecule has 144 valence electrons. The Morgan fingerprint density at radius 2 is 2.00 bits per heavy atom. The molecule has 0 radical (unpaired) electrons. The number of rotatable bonds is 6. The number of amides is 1. The van der Waals surface area contributed by atoms with Gasteiger partial charge in [-0.2, -0.15) is 4.31 Å². The highest BCUT2D eigenvalue weighted by Crippen LogP contribution is 2.21. The van der Waals surface area contributed by atoms with Gasteiger partial charge < -0.3 is 10.2 Å². The number of sulfonamides is 1. The molecule has 0 spiro atoms. The molecule has 26 heavy (non-hydrogen) atoms. The average Bonchev–Trinajstić information content (AvgIpc) is 3.14. The smallest absolute Gasteiger partial charge is 0.245 e. The Kier molecular flexibility index (Phi) is 6.55. The standard InChI is InChI=1S/C17H26N4O3S2/c1-20-8-10-21(11-9-20)26(23,24)15-6-7-17(18-12-15)25-13-16(22)19-14-4-2-3-5-14/h6-7,12,14H,2-5,8-11,13H2,1H3,(H,19,22)/p+1. The Bertz CT molecular complexity index is 710. The number of pyridine rings is 1. The van der Waals surface area contributed by atoms with Gasteiger partial charge in [0.1, 0.15) is 4.90 Å². The predicted octanol–water partition coefficient (Wildman–Crippen LogP) is -0.248. The summed E-state index contributed by atoms with van der Waals surface area (Å²) in [7, 11) is -1.41. The first-order chi connectivity index (χ1) is 12.4. The van der Waals surface area contributed by atoms with E-state index < -0.39 is 10.0 Å². The van der Waals surface area contributed by atoms with Gasteiger partial charge in [0.15, 0.2) is 0 Å². The van der Waals surface area contributed by atoms with Gasteiger partial charge in [0.25, 0.3) is 0 Å². The number of nitrogens with one attached hydrogen (secondary N) is 2. The molecule has 3 rings (SSSR count). The van der Waals surface area contributed by atoms with Crippen molar-refractivity contribution >= 4 is 27.7 Å². The molecule has 1 aliphatic carbocycles. The van der Waals surface area contributed by atoms with Crippen molar-refractivity contribution in [3.8, 4) is 0 Å². The zero-order valence-electron chi connectivity index (χ0n) is 15.1. The van der Waals surface area contributed by atoms with E-state index in [-0.39, 0.29) is 10.8 Å². The summed E-state index contributed by atoms with van der Waals surface area (Å²) in [5.41, 5.74) is 0. The number of carbonyl (C=O) groups excluding carboxylic acids is 1. The largest absolute Gasteiger partial charge is 0.353 e. The molecule has 0 unspecified atom stereocenters. The molecular formula is C17H27N4O3S2+. The third kappa shape index (κ3) is 4.97. The maximum absolute atomic E-state index is 12.7. The normalized spacial score (nSPS) is 20.3. The van der Waals surface area contributed by atoms with E-state index in [9.17, 15) is 13.2 Å². The molecule has 2 aliphatic rings. The highest BCUT2D eigenvalue weighted by molar-refractivity contribution is 7.99. The van der Waals surface area contributed by atoms with Crippen LogP contribution in [0.15, 0.2) is 28.3 Å². The molecular weight excluding hydrogens is 372 g/mol. The number of carbonyl (C=O) groups is 1. The molecule has 1 aliphatic heterocycles.